The molecule has 1 aromatic carbocycles. The number of aromatic amines is 1. The first-order valence-electron chi connectivity index (χ1n) is 7.71. The van der Waals surface area contributed by atoms with Crippen LogP contribution in [0.15, 0.2) is 35.2 Å². The topological polar surface area (TPSA) is 98.5 Å². The van der Waals surface area contributed by atoms with Crippen molar-refractivity contribution in [2.45, 2.75) is 25.9 Å². The molecule has 3 rings (SSSR count). The zero-order valence-electron chi connectivity index (χ0n) is 14.2. The van der Waals surface area contributed by atoms with Crippen molar-refractivity contribution >= 4 is 28.4 Å². The monoisotopic (exact) mass is 351 g/mol. The van der Waals surface area contributed by atoms with E-state index in [1.807, 2.05) is 51.1 Å². The summed E-state index contributed by atoms with van der Waals surface area (Å²) in [5, 5.41) is 20.4. The lowest BCUT2D eigenvalue weighted by Gasteiger charge is -2.07. The standard InChI is InChI=1S/C18H17N5OS/c1-10-11(2)20-18(21-12(10)3)25-9-16(24)13(8-19)17-22-14-6-4-5-7-15(14)23-17/h4-7,24H,9H2,1-3H3,(H,22,23)/b16-13-. The van der Waals surface area contributed by atoms with Gasteiger partial charge in [-0.2, -0.15) is 5.26 Å². The zero-order chi connectivity index (χ0) is 18.0. The van der Waals surface area contributed by atoms with Crippen molar-refractivity contribution in [3.05, 3.63) is 52.8 Å². The van der Waals surface area contributed by atoms with E-state index in [1.165, 1.54) is 11.8 Å². The van der Waals surface area contributed by atoms with Crippen LogP contribution in [0.25, 0.3) is 16.6 Å². The second-order valence-corrected chi connectivity index (χ2v) is 6.57. The summed E-state index contributed by atoms with van der Waals surface area (Å²) in [6, 6.07) is 9.51. The molecule has 3 aromatic rings. The molecule has 0 aliphatic heterocycles. The van der Waals surface area contributed by atoms with Gasteiger partial charge in [0, 0.05) is 11.4 Å². The van der Waals surface area contributed by atoms with E-state index in [2.05, 4.69) is 19.9 Å². The Kier molecular flexibility index (Phi) is 4.72. The minimum Gasteiger partial charge on any atom is -0.510 e. The van der Waals surface area contributed by atoms with Crippen LogP contribution in [-0.4, -0.2) is 30.8 Å². The van der Waals surface area contributed by atoms with Crippen molar-refractivity contribution in [3.8, 4) is 6.07 Å². The normalized spacial score (nSPS) is 12.1. The molecule has 2 heterocycles. The molecule has 2 aromatic heterocycles. The van der Waals surface area contributed by atoms with E-state index in [0.29, 0.717) is 11.0 Å². The van der Waals surface area contributed by atoms with E-state index >= 15 is 0 Å². The molecule has 25 heavy (non-hydrogen) atoms. The predicted molar refractivity (Wildman–Crippen MR) is 98.2 cm³/mol. The van der Waals surface area contributed by atoms with Gasteiger partial charge in [0.1, 0.15) is 17.4 Å². The molecule has 0 aliphatic carbocycles. The number of para-hydroxylation sites is 2. The second-order valence-electron chi connectivity index (χ2n) is 5.63. The van der Waals surface area contributed by atoms with E-state index in [-0.39, 0.29) is 17.1 Å². The molecule has 0 atom stereocenters. The van der Waals surface area contributed by atoms with Crippen molar-refractivity contribution in [3.63, 3.8) is 0 Å². The van der Waals surface area contributed by atoms with Crippen LogP contribution in [0.5, 0.6) is 0 Å². The Morgan fingerprint density at radius 3 is 2.48 bits per heavy atom. The highest BCUT2D eigenvalue weighted by Gasteiger charge is 2.14. The Morgan fingerprint density at radius 2 is 1.84 bits per heavy atom. The van der Waals surface area contributed by atoms with Crippen molar-refractivity contribution in [2.24, 2.45) is 0 Å². The molecule has 0 fully saturated rings. The fraction of sp³-hybridized carbons (Fsp3) is 0.222. The number of H-pyrrole nitrogens is 1. The van der Waals surface area contributed by atoms with Gasteiger partial charge in [-0.05, 0) is 38.5 Å². The molecule has 0 aliphatic rings. The number of imidazole rings is 1. The maximum atomic E-state index is 10.4. The van der Waals surface area contributed by atoms with Crippen LogP contribution in [0.4, 0.5) is 0 Å². The average molecular weight is 351 g/mol. The van der Waals surface area contributed by atoms with Crippen molar-refractivity contribution in [1.29, 1.82) is 5.26 Å². The Balaban J connectivity index is 1.86. The number of hydrogen-bond donors (Lipinski definition) is 2. The number of aromatic nitrogens is 4. The van der Waals surface area contributed by atoms with E-state index in [4.69, 9.17) is 0 Å². The van der Waals surface area contributed by atoms with Crippen LogP contribution >= 0.6 is 11.8 Å². The first-order valence-corrected chi connectivity index (χ1v) is 8.70. The number of nitriles is 1. The van der Waals surface area contributed by atoms with Crippen molar-refractivity contribution in [2.75, 3.05) is 5.75 Å². The average Bonchev–Trinajstić information content (AvgIpc) is 3.01. The first-order chi connectivity index (χ1) is 12.0. The number of rotatable bonds is 4. The second kappa shape index (κ2) is 6.95. The molecule has 0 amide bonds. The number of aliphatic hydroxyl groups excluding tert-OH is 1. The summed E-state index contributed by atoms with van der Waals surface area (Å²) in [6.45, 7) is 5.84. The molecule has 0 saturated carbocycles. The number of thioether (sulfide) groups is 1. The van der Waals surface area contributed by atoms with Crippen LogP contribution in [0.2, 0.25) is 0 Å². The third kappa shape index (κ3) is 3.49. The summed E-state index contributed by atoms with van der Waals surface area (Å²) in [5.41, 5.74) is 4.58. The summed E-state index contributed by atoms with van der Waals surface area (Å²) in [5.74, 6) is 0.507. The summed E-state index contributed by atoms with van der Waals surface area (Å²) in [6.07, 6.45) is 0. The molecular formula is C18H17N5OS. The van der Waals surface area contributed by atoms with Crippen LogP contribution in [0.3, 0.4) is 0 Å². The van der Waals surface area contributed by atoms with Gasteiger partial charge in [-0.3, -0.25) is 0 Å². The first kappa shape index (κ1) is 17.0. The summed E-state index contributed by atoms with van der Waals surface area (Å²) in [4.78, 5) is 16.2. The van der Waals surface area contributed by atoms with Gasteiger partial charge in [0.2, 0.25) is 0 Å². The predicted octanol–water partition coefficient (Wildman–Crippen LogP) is 3.86. The molecule has 0 unspecified atom stereocenters. The van der Waals surface area contributed by atoms with Gasteiger partial charge in [0.25, 0.3) is 0 Å². The van der Waals surface area contributed by atoms with Gasteiger partial charge >= 0.3 is 0 Å². The fourth-order valence-electron chi connectivity index (χ4n) is 2.34. The number of benzene rings is 1. The Hall–Kier alpha value is -2.85. The number of nitrogens with zero attached hydrogens (tertiary/aromatic N) is 4. The SMILES string of the molecule is Cc1nc(SC/C(O)=C(\C#N)c2nc3ccccc3[nH]2)nc(C)c1C. The fourth-order valence-corrected chi connectivity index (χ4v) is 3.15. The Morgan fingerprint density at radius 1 is 1.16 bits per heavy atom. The van der Waals surface area contributed by atoms with Gasteiger partial charge in [-0.15, -0.1) is 0 Å². The van der Waals surface area contributed by atoms with Gasteiger partial charge in [-0.25, -0.2) is 15.0 Å². The lowest BCUT2D eigenvalue weighted by Crippen LogP contribution is -2.00. The van der Waals surface area contributed by atoms with E-state index in [9.17, 15) is 10.4 Å². The van der Waals surface area contributed by atoms with Gasteiger partial charge < -0.3 is 10.1 Å². The third-order valence-electron chi connectivity index (χ3n) is 3.98. The lowest BCUT2D eigenvalue weighted by atomic mass is 10.2. The summed E-state index contributed by atoms with van der Waals surface area (Å²) >= 11 is 1.29. The molecule has 2 N–H and O–H groups in total. The van der Waals surface area contributed by atoms with E-state index in [0.717, 1.165) is 28.0 Å². The number of aliphatic hydroxyl groups is 1. The van der Waals surface area contributed by atoms with Crippen LogP contribution < -0.4 is 0 Å². The number of aryl methyl sites for hydroxylation is 2. The zero-order valence-corrected chi connectivity index (χ0v) is 15.0. The van der Waals surface area contributed by atoms with Gasteiger partial charge in [0.15, 0.2) is 11.0 Å². The van der Waals surface area contributed by atoms with E-state index < -0.39 is 0 Å². The minimum atomic E-state index is -0.0500. The molecule has 0 spiro atoms. The molecule has 0 saturated heterocycles. The molecule has 0 radical (unpaired) electrons. The van der Waals surface area contributed by atoms with Gasteiger partial charge in [0.05, 0.1) is 16.8 Å². The maximum absolute atomic E-state index is 10.4. The number of fused-ring (bicyclic) bond motifs is 1. The minimum absolute atomic E-state index is 0.0500. The lowest BCUT2D eigenvalue weighted by molar-refractivity contribution is 0.420. The maximum Gasteiger partial charge on any atom is 0.188 e. The van der Waals surface area contributed by atoms with Crippen LogP contribution in [0, 0.1) is 32.1 Å². The molecule has 126 valence electrons. The molecule has 6 nitrogen and oxygen atoms in total. The molecule has 0 bridgehead atoms. The summed E-state index contributed by atoms with van der Waals surface area (Å²) in [7, 11) is 0. The quantitative estimate of drug-likeness (QED) is 0.320. The van der Waals surface area contributed by atoms with Crippen molar-refractivity contribution < 1.29 is 5.11 Å². The number of nitrogens with one attached hydrogen (secondary N) is 1. The summed E-state index contributed by atoms with van der Waals surface area (Å²) < 4.78 is 0. The molecular weight excluding hydrogens is 334 g/mol. The largest absolute Gasteiger partial charge is 0.510 e. The number of hydrogen-bond acceptors (Lipinski definition) is 6. The highest BCUT2D eigenvalue weighted by Crippen LogP contribution is 2.23. The highest BCUT2D eigenvalue weighted by molar-refractivity contribution is 7.99. The Labute approximate surface area is 149 Å². The smallest absolute Gasteiger partial charge is 0.188 e. The number of allylic oxidation sites excluding steroid dienone is 1. The molecule has 7 heteroatoms. The van der Waals surface area contributed by atoms with E-state index in [1.54, 1.807) is 0 Å². The Bertz CT molecular complexity index is 960. The van der Waals surface area contributed by atoms with Crippen LogP contribution in [0.1, 0.15) is 22.8 Å². The van der Waals surface area contributed by atoms with Gasteiger partial charge in [-0.1, -0.05) is 23.9 Å². The van der Waals surface area contributed by atoms with Crippen LogP contribution in [-0.2, 0) is 0 Å². The van der Waals surface area contributed by atoms with Crippen molar-refractivity contribution in [1.82, 2.24) is 19.9 Å². The third-order valence-corrected chi connectivity index (χ3v) is 4.84. The highest BCUT2D eigenvalue weighted by atomic mass is 32.2.